The lowest BCUT2D eigenvalue weighted by atomic mass is 10.2. The minimum absolute atomic E-state index is 0.161. The molecule has 2 aromatic carbocycles. The van der Waals surface area contributed by atoms with Gasteiger partial charge in [0.25, 0.3) is 10.1 Å². The predicted molar refractivity (Wildman–Crippen MR) is 91.6 cm³/mol. The lowest BCUT2D eigenvalue weighted by Gasteiger charge is -1.99. The molecule has 0 fully saturated rings. The summed E-state index contributed by atoms with van der Waals surface area (Å²) in [6.45, 7) is 0. The topological polar surface area (TPSA) is 91.9 Å². The standard InChI is InChI=1S/C17H14N2O4S/c20-24(21,22)16-9-6-13(7-10-16)17-11-8-15(23-17)12-18-19-14-4-2-1-3-5-14/h1-12,19H,(H,20,21,22)/b18-12-. The van der Waals surface area contributed by atoms with Gasteiger partial charge in [-0.25, -0.2) is 0 Å². The summed E-state index contributed by atoms with van der Waals surface area (Å²) in [6, 6.07) is 18.8. The average molecular weight is 342 g/mol. The van der Waals surface area contributed by atoms with Crippen molar-refractivity contribution in [3.8, 4) is 11.3 Å². The Labute approximate surface area is 139 Å². The van der Waals surface area contributed by atoms with Gasteiger partial charge in [0, 0.05) is 5.56 Å². The highest BCUT2D eigenvalue weighted by Gasteiger charge is 2.10. The summed E-state index contributed by atoms with van der Waals surface area (Å²) in [5, 5.41) is 4.08. The molecule has 0 aliphatic heterocycles. The summed E-state index contributed by atoms with van der Waals surface area (Å²) in [5.41, 5.74) is 4.44. The highest BCUT2D eigenvalue weighted by atomic mass is 32.2. The van der Waals surface area contributed by atoms with Gasteiger partial charge in [0.15, 0.2) is 0 Å². The fourth-order valence-electron chi connectivity index (χ4n) is 2.05. The molecule has 6 nitrogen and oxygen atoms in total. The first kappa shape index (κ1) is 16.0. The minimum atomic E-state index is -4.19. The van der Waals surface area contributed by atoms with E-state index in [1.165, 1.54) is 12.1 Å². The van der Waals surface area contributed by atoms with Crippen molar-refractivity contribution in [3.63, 3.8) is 0 Å². The fraction of sp³-hybridized carbons (Fsp3) is 0. The molecule has 122 valence electrons. The predicted octanol–water partition coefficient (Wildman–Crippen LogP) is 3.64. The van der Waals surface area contributed by atoms with Crippen molar-refractivity contribution in [1.82, 2.24) is 0 Å². The van der Waals surface area contributed by atoms with E-state index in [1.807, 2.05) is 30.3 Å². The van der Waals surface area contributed by atoms with Crippen LogP contribution in [-0.2, 0) is 10.1 Å². The van der Waals surface area contributed by atoms with Crippen molar-refractivity contribution < 1.29 is 17.4 Å². The van der Waals surface area contributed by atoms with Crippen LogP contribution >= 0.6 is 0 Å². The van der Waals surface area contributed by atoms with Crippen LogP contribution in [0.25, 0.3) is 11.3 Å². The van der Waals surface area contributed by atoms with Gasteiger partial charge < -0.3 is 4.42 Å². The van der Waals surface area contributed by atoms with E-state index in [-0.39, 0.29) is 4.90 Å². The summed E-state index contributed by atoms with van der Waals surface area (Å²) in [7, 11) is -4.19. The molecule has 0 bridgehead atoms. The smallest absolute Gasteiger partial charge is 0.294 e. The van der Waals surface area contributed by atoms with Crippen molar-refractivity contribution in [3.05, 3.63) is 72.5 Å². The number of nitrogens with one attached hydrogen (secondary N) is 1. The number of benzene rings is 2. The molecule has 3 aromatic rings. The van der Waals surface area contributed by atoms with Crippen molar-refractivity contribution in [1.29, 1.82) is 0 Å². The van der Waals surface area contributed by atoms with Crippen molar-refractivity contribution in [2.75, 3.05) is 5.43 Å². The van der Waals surface area contributed by atoms with Gasteiger partial charge in [-0.05, 0) is 48.5 Å². The van der Waals surface area contributed by atoms with Crippen LogP contribution in [0, 0.1) is 0 Å². The molecule has 24 heavy (non-hydrogen) atoms. The number of rotatable bonds is 5. The number of hydrazone groups is 1. The minimum Gasteiger partial charge on any atom is -0.455 e. The second-order valence-electron chi connectivity index (χ2n) is 4.94. The maximum absolute atomic E-state index is 11.0. The van der Waals surface area contributed by atoms with E-state index in [1.54, 1.807) is 30.5 Å². The zero-order valence-corrected chi connectivity index (χ0v) is 13.3. The summed E-state index contributed by atoms with van der Waals surface area (Å²) in [6.07, 6.45) is 1.54. The van der Waals surface area contributed by atoms with E-state index >= 15 is 0 Å². The van der Waals surface area contributed by atoms with Gasteiger partial charge in [-0.15, -0.1) is 0 Å². The first-order valence-electron chi connectivity index (χ1n) is 7.04. The molecule has 0 amide bonds. The fourth-order valence-corrected chi connectivity index (χ4v) is 2.53. The highest BCUT2D eigenvalue weighted by molar-refractivity contribution is 7.85. The molecule has 7 heteroatoms. The van der Waals surface area contributed by atoms with E-state index in [2.05, 4.69) is 10.5 Å². The lowest BCUT2D eigenvalue weighted by Crippen LogP contribution is -1.97. The number of anilines is 1. The number of hydrogen-bond donors (Lipinski definition) is 2. The first-order valence-corrected chi connectivity index (χ1v) is 8.48. The molecule has 0 radical (unpaired) electrons. The van der Waals surface area contributed by atoms with E-state index < -0.39 is 10.1 Å². The molecule has 0 aliphatic carbocycles. The van der Waals surface area contributed by atoms with Crippen LogP contribution in [0.2, 0.25) is 0 Å². The van der Waals surface area contributed by atoms with Crippen LogP contribution in [-0.4, -0.2) is 19.2 Å². The molecule has 2 N–H and O–H groups in total. The highest BCUT2D eigenvalue weighted by Crippen LogP contribution is 2.23. The first-order chi connectivity index (χ1) is 11.5. The molecule has 0 saturated heterocycles. The van der Waals surface area contributed by atoms with Crippen molar-refractivity contribution in [2.24, 2.45) is 5.10 Å². The second kappa shape index (κ2) is 6.69. The Morgan fingerprint density at radius 1 is 0.958 bits per heavy atom. The normalized spacial score (nSPS) is 11.7. The Balaban J connectivity index is 1.71. The zero-order valence-electron chi connectivity index (χ0n) is 12.5. The Kier molecular flexibility index (Phi) is 4.45. The van der Waals surface area contributed by atoms with Gasteiger partial charge in [-0.1, -0.05) is 18.2 Å². The summed E-state index contributed by atoms with van der Waals surface area (Å²) >= 11 is 0. The molecule has 1 aromatic heterocycles. The third-order valence-electron chi connectivity index (χ3n) is 3.22. The van der Waals surface area contributed by atoms with E-state index in [0.29, 0.717) is 17.1 Å². The van der Waals surface area contributed by atoms with Crippen LogP contribution < -0.4 is 5.43 Å². The quantitative estimate of drug-likeness (QED) is 0.419. The largest absolute Gasteiger partial charge is 0.455 e. The molecule has 1 heterocycles. The monoisotopic (exact) mass is 342 g/mol. The third kappa shape index (κ3) is 3.89. The van der Waals surface area contributed by atoms with E-state index in [9.17, 15) is 8.42 Å². The molecule has 3 rings (SSSR count). The number of hydrogen-bond acceptors (Lipinski definition) is 5. The van der Waals surface area contributed by atoms with E-state index in [0.717, 1.165) is 5.69 Å². The van der Waals surface area contributed by atoms with Gasteiger partial charge in [-0.2, -0.15) is 13.5 Å². The number of furan rings is 1. The van der Waals surface area contributed by atoms with Crippen molar-refractivity contribution >= 4 is 22.0 Å². The molecule has 0 atom stereocenters. The van der Waals surface area contributed by atoms with Crippen molar-refractivity contribution in [2.45, 2.75) is 4.90 Å². The maximum Gasteiger partial charge on any atom is 0.294 e. The third-order valence-corrected chi connectivity index (χ3v) is 4.09. The van der Waals surface area contributed by atoms with Gasteiger partial charge in [0.2, 0.25) is 0 Å². The summed E-state index contributed by atoms with van der Waals surface area (Å²) < 4.78 is 36.7. The maximum atomic E-state index is 11.0. The molecule has 0 aliphatic rings. The SMILES string of the molecule is O=S(=O)(O)c1ccc(-c2ccc(/C=N\Nc3ccccc3)o2)cc1. The Bertz CT molecular complexity index is 946. The van der Waals surface area contributed by atoms with Crippen LogP contribution in [0.4, 0.5) is 5.69 Å². The van der Waals surface area contributed by atoms with Gasteiger partial charge in [-0.3, -0.25) is 9.98 Å². The Morgan fingerprint density at radius 3 is 2.33 bits per heavy atom. The Hall–Kier alpha value is -2.90. The summed E-state index contributed by atoms with van der Waals surface area (Å²) in [5.74, 6) is 1.12. The van der Waals surface area contributed by atoms with Crippen LogP contribution in [0.5, 0.6) is 0 Å². The number of para-hydroxylation sites is 1. The lowest BCUT2D eigenvalue weighted by molar-refractivity contribution is 0.483. The second-order valence-corrected chi connectivity index (χ2v) is 6.36. The number of nitrogens with zero attached hydrogens (tertiary/aromatic N) is 1. The Morgan fingerprint density at radius 2 is 1.67 bits per heavy atom. The van der Waals surface area contributed by atoms with Crippen LogP contribution in [0.15, 0.2) is 81.1 Å². The average Bonchev–Trinajstić information content (AvgIpc) is 3.04. The summed E-state index contributed by atoms with van der Waals surface area (Å²) in [4.78, 5) is -0.161. The molecular weight excluding hydrogens is 328 g/mol. The van der Waals surface area contributed by atoms with Crippen LogP contribution in [0.1, 0.15) is 5.76 Å². The molecular formula is C17H14N2O4S. The van der Waals surface area contributed by atoms with E-state index in [4.69, 9.17) is 8.97 Å². The molecule has 0 unspecified atom stereocenters. The zero-order chi connectivity index (χ0) is 17.0. The molecule has 0 saturated carbocycles. The van der Waals surface area contributed by atoms with Gasteiger partial charge in [0.1, 0.15) is 11.5 Å². The molecule has 0 spiro atoms. The van der Waals surface area contributed by atoms with Gasteiger partial charge in [0.05, 0.1) is 16.8 Å². The van der Waals surface area contributed by atoms with Gasteiger partial charge >= 0.3 is 0 Å². The van der Waals surface area contributed by atoms with Crippen LogP contribution in [0.3, 0.4) is 0 Å².